The molecule has 1 aromatic rings. The normalized spacial score (nSPS) is 23.6. The summed E-state index contributed by atoms with van der Waals surface area (Å²) in [7, 11) is 1.38. The van der Waals surface area contributed by atoms with Gasteiger partial charge in [0.25, 0.3) is 5.91 Å². The Labute approximate surface area is 183 Å². The lowest BCUT2D eigenvalue weighted by molar-refractivity contribution is -0.138. The third-order valence-corrected chi connectivity index (χ3v) is 7.74. The summed E-state index contributed by atoms with van der Waals surface area (Å²) < 4.78 is 11.1. The second-order valence-electron chi connectivity index (χ2n) is 9.43. The zero-order valence-electron chi connectivity index (χ0n) is 18.6. The predicted molar refractivity (Wildman–Crippen MR) is 118 cm³/mol. The molecule has 1 saturated heterocycles. The van der Waals surface area contributed by atoms with Gasteiger partial charge in [0.15, 0.2) is 0 Å². The number of thiophene rings is 1. The van der Waals surface area contributed by atoms with E-state index < -0.39 is 12.1 Å². The average Bonchev–Trinajstić information content (AvgIpc) is 3.18. The largest absolute Gasteiger partial charge is 0.465 e. The van der Waals surface area contributed by atoms with Crippen LogP contribution in [0.4, 0.5) is 5.69 Å². The molecule has 2 atom stereocenters. The Bertz CT molecular complexity index is 747. The van der Waals surface area contributed by atoms with E-state index in [9.17, 15) is 14.7 Å². The van der Waals surface area contributed by atoms with E-state index in [4.69, 9.17) is 9.47 Å². The predicted octanol–water partition coefficient (Wildman–Crippen LogP) is 4.29. The third kappa shape index (κ3) is 4.89. The van der Waals surface area contributed by atoms with Gasteiger partial charge < -0.3 is 19.5 Å². The van der Waals surface area contributed by atoms with E-state index >= 15 is 0 Å². The van der Waals surface area contributed by atoms with Gasteiger partial charge in [-0.2, -0.15) is 0 Å². The Kier molecular flexibility index (Phi) is 7.58. The molecule has 1 aliphatic carbocycles. The summed E-state index contributed by atoms with van der Waals surface area (Å²) in [5.41, 5.74) is 0.520. The van der Waals surface area contributed by atoms with Crippen LogP contribution in [0.1, 0.15) is 80.3 Å². The molecule has 1 aliphatic heterocycles. The first-order valence-electron chi connectivity index (χ1n) is 11.1. The first-order valence-corrected chi connectivity index (χ1v) is 11.9. The lowest BCUT2D eigenvalue weighted by Crippen LogP contribution is -2.57. The van der Waals surface area contributed by atoms with Gasteiger partial charge in [0.05, 0.1) is 25.4 Å². The second-order valence-corrected chi connectivity index (χ2v) is 10.5. The van der Waals surface area contributed by atoms with Crippen LogP contribution in [0.3, 0.4) is 0 Å². The molecule has 168 valence electrons. The summed E-state index contributed by atoms with van der Waals surface area (Å²) in [6, 6.07) is 1.92. The third-order valence-electron chi connectivity index (χ3n) is 6.21. The van der Waals surface area contributed by atoms with Crippen LogP contribution in [0.15, 0.2) is 6.07 Å². The number of hydrogen-bond donors (Lipinski definition) is 1. The van der Waals surface area contributed by atoms with E-state index in [0.717, 1.165) is 30.6 Å². The van der Waals surface area contributed by atoms with E-state index in [1.54, 1.807) is 0 Å². The molecule has 1 N–H and O–H groups in total. The SMILES string of the molecule is COC(=O)c1sc(C(C)(C)C)cc1N1C(=O)C(CCCO)OC[C@H]1C1CCCCC1. The van der Waals surface area contributed by atoms with Crippen LogP contribution in [-0.4, -0.2) is 49.5 Å². The van der Waals surface area contributed by atoms with Gasteiger partial charge in [-0.3, -0.25) is 4.79 Å². The molecule has 0 aromatic carbocycles. The first kappa shape index (κ1) is 23.2. The fourth-order valence-corrected chi connectivity index (χ4v) is 5.62. The van der Waals surface area contributed by atoms with Crippen LogP contribution in [0.25, 0.3) is 0 Å². The van der Waals surface area contributed by atoms with E-state index in [1.807, 2.05) is 11.0 Å². The standard InChI is InChI=1S/C23H35NO5S/c1-23(2,3)19-13-16(20(30-19)22(27)28-4)24-17(15-9-6-5-7-10-15)14-29-18(21(24)26)11-8-12-25/h13,15,17-18,25H,5-12,14H2,1-4H3/t17-,18?/m0/s1. The smallest absolute Gasteiger partial charge is 0.350 e. The molecule has 1 unspecified atom stereocenters. The number of carbonyl (C=O) groups is 2. The van der Waals surface area contributed by atoms with E-state index in [-0.39, 0.29) is 24.0 Å². The molecule has 2 fully saturated rings. The van der Waals surface area contributed by atoms with Gasteiger partial charge in [0, 0.05) is 11.5 Å². The molecule has 30 heavy (non-hydrogen) atoms. The fraction of sp³-hybridized carbons (Fsp3) is 0.739. The highest BCUT2D eigenvalue weighted by molar-refractivity contribution is 7.14. The van der Waals surface area contributed by atoms with Gasteiger partial charge in [-0.15, -0.1) is 11.3 Å². The lowest BCUT2D eigenvalue weighted by Gasteiger charge is -2.44. The minimum atomic E-state index is -0.583. The van der Waals surface area contributed by atoms with Gasteiger partial charge in [0.2, 0.25) is 0 Å². The van der Waals surface area contributed by atoms with Crippen molar-refractivity contribution < 1.29 is 24.2 Å². The summed E-state index contributed by atoms with van der Waals surface area (Å²) in [5, 5.41) is 9.22. The molecular weight excluding hydrogens is 402 g/mol. The van der Waals surface area contributed by atoms with Gasteiger partial charge >= 0.3 is 5.97 Å². The number of esters is 1. The lowest BCUT2D eigenvalue weighted by atomic mass is 9.82. The van der Waals surface area contributed by atoms with Crippen LogP contribution in [-0.2, 0) is 19.7 Å². The van der Waals surface area contributed by atoms with Crippen LogP contribution >= 0.6 is 11.3 Å². The van der Waals surface area contributed by atoms with E-state index in [1.165, 1.54) is 24.9 Å². The minimum absolute atomic E-state index is 0.0270. The number of hydrogen-bond acceptors (Lipinski definition) is 6. The summed E-state index contributed by atoms with van der Waals surface area (Å²) in [4.78, 5) is 29.6. The van der Waals surface area contributed by atoms with Crippen LogP contribution < -0.4 is 4.90 Å². The van der Waals surface area contributed by atoms with Crippen molar-refractivity contribution in [2.75, 3.05) is 25.2 Å². The molecule has 2 aliphatic rings. The van der Waals surface area contributed by atoms with Crippen molar-refractivity contribution in [2.45, 2.75) is 83.3 Å². The summed E-state index contributed by atoms with van der Waals surface area (Å²) >= 11 is 1.41. The first-order chi connectivity index (χ1) is 14.3. The van der Waals surface area contributed by atoms with Crippen molar-refractivity contribution in [2.24, 2.45) is 5.92 Å². The Balaban J connectivity index is 2.04. The van der Waals surface area contributed by atoms with Crippen molar-refractivity contribution in [3.63, 3.8) is 0 Å². The highest BCUT2D eigenvalue weighted by Gasteiger charge is 2.43. The number of carbonyl (C=O) groups excluding carboxylic acids is 2. The second kappa shape index (κ2) is 9.79. The molecule has 0 spiro atoms. The monoisotopic (exact) mass is 437 g/mol. The Morgan fingerprint density at radius 2 is 2.00 bits per heavy atom. The summed E-state index contributed by atoms with van der Waals surface area (Å²) in [6.07, 6.45) is 6.12. The number of morpholine rings is 1. The minimum Gasteiger partial charge on any atom is -0.465 e. The molecule has 2 heterocycles. The van der Waals surface area contributed by atoms with Gasteiger partial charge in [-0.05, 0) is 43.1 Å². The quantitative estimate of drug-likeness (QED) is 0.672. The number of nitrogens with zero attached hydrogens (tertiary/aromatic N) is 1. The number of methoxy groups -OCH3 is 1. The Morgan fingerprint density at radius 3 is 2.60 bits per heavy atom. The maximum absolute atomic E-state index is 13.6. The van der Waals surface area contributed by atoms with Crippen LogP contribution in [0.5, 0.6) is 0 Å². The number of ether oxygens (including phenoxy) is 2. The molecule has 3 rings (SSSR count). The van der Waals surface area contributed by atoms with Gasteiger partial charge in [-0.25, -0.2) is 4.79 Å². The van der Waals surface area contributed by atoms with Crippen molar-refractivity contribution in [3.8, 4) is 0 Å². The number of aliphatic hydroxyl groups is 1. The highest BCUT2D eigenvalue weighted by Crippen LogP contribution is 2.42. The Morgan fingerprint density at radius 1 is 1.30 bits per heavy atom. The molecule has 1 amide bonds. The van der Waals surface area contributed by atoms with Crippen LogP contribution in [0.2, 0.25) is 0 Å². The number of amides is 1. The molecule has 1 aromatic heterocycles. The van der Waals surface area contributed by atoms with Crippen LogP contribution in [0, 0.1) is 5.92 Å². The fourth-order valence-electron chi connectivity index (χ4n) is 4.49. The molecule has 6 nitrogen and oxygen atoms in total. The zero-order valence-corrected chi connectivity index (χ0v) is 19.4. The number of anilines is 1. The average molecular weight is 438 g/mol. The maximum Gasteiger partial charge on any atom is 0.350 e. The van der Waals surface area contributed by atoms with Gasteiger partial charge in [0.1, 0.15) is 11.0 Å². The van der Waals surface area contributed by atoms with Crippen molar-refractivity contribution in [1.29, 1.82) is 0 Å². The van der Waals surface area contributed by atoms with E-state index in [2.05, 4.69) is 20.8 Å². The Hall–Kier alpha value is -1.44. The summed E-state index contributed by atoms with van der Waals surface area (Å²) in [5.74, 6) is -0.141. The van der Waals surface area contributed by atoms with Gasteiger partial charge in [-0.1, -0.05) is 40.0 Å². The zero-order chi connectivity index (χ0) is 21.9. The number of aliphatic hydroxyl groups excluding tert-OH is 1. The summed E-state index contributed by atoms with van der Waals surface area (Å²) in [6.45, 7) is 6.81. The molecule has 0 bridgehead atoms. The number of rotatable bonds is 6. The molecule has 0 radical (unpaired) electrons. The maximum atomic E-state index is 13.6. The van der Waals surface area contributed by atoms with E-state index in [0.29, 0.717) is 35.9 Å². The molecule has 7 heteroatoms. The highest BCUT2D eigenvalue weighted by atomic mass is 32.1. The van der Waals surface area contributed by atoms with Crippen molar-refractivity contribution in [3.05, 3.63) is 15.8 Å². The molecular formula is C23H35NO5S. The molecule has 1 saturated carbocycles. The van der Waals surface area contributed by atoms with Crippen molar-refractivity contribution in [1.82, 2.24) is 0 Å². The van der Waals surface area contributed by atoms with Crippen molar-refractivity contribution >= 4 is 28.9 Å². The topological polar surface area (TPSA) is 76.1 Å².